The topological polar surface area (TPSA) is 66.8 Å². The van der Waals surface area contributed by atoms with Gasteiger partial charge in [-0.1, -0.05) is 90.4 Å². The molecule has 160 valence electrons. The standard InChI is InChI=1S/C24H40O4/c1-3-4-5-6-7-8-9-10-11-12-13-14-15-16-17-28-24(27)23-20(2)18-21(25)19-22(23)26/h18-19,25-26H,3-17H2,1-2H3. The monoisotopic (exact) mass is 392 g/mol. The zero-order chi connectivity index (χ0) is 20.6. The lowest BCUT2D eigenvalue weighted by atomic mass is 10.0. The zero-order valence-electron chi connectivity index (χ0n) is 18.0. The van der Waals surface area contributed by atoms with Crippen molar-refractivity contribution >= 4 is 5.97 Å². The molecule has 0 radical (unpaired) electrons. The first-order chi connectivity index (χ1) is 13.6. The molecule has 2 N–H and O–H groups in total. The van der Waals surface area contributed by atoms with Crippen LogP contribution in [0.3, 0.4) is 0 Å². The lowest BCUT2D eigenvalue weighted by molar-refractivity contribution is 0.0493. The number of hydrogen-bond acceptors (Lipinski definition) is 4. The van der Waals surface area contributed by atoms with Gasteiger partial charge in [-0.2, -0.15) is 0 Å². The molecule has 4 nitrogen and oxygen atoms in total. The molecule has 0 spiro atoms. The normalized spacial score (nSPS) is 10.9. The van der Waals surface area contributed by atoms with Crippen LogP contribution in [0, 0.1) is 6.92 Å². The van der Waals surface area contributed by atoms with Crippen molar-refractivity contribution in [3.8, 4) is 11.5 Å². The minimum Gasteiger partial charge on any atom is -0.508 e. The fourth-order valence-electron chi connectivity index (χ4n) is 3.55. The van der Waals surface area contributed by atoms with Gasteiger partial charge in [0, 0.05) is 6.07 Å². The summed E-state index contributed by atoms with van der Waals surface area (Å²) in [6, 6.07) is 2.61. The Balaban J connectivity index is 1.95. The molecule has 0 heterocycles. The van der Waals surface area contributed by atoms with Crippen LogP contribution in [-0.4, -0.2) is 22.8 Å². The maximum Gasteiger partial charge on any atom is 0.342 e. The van der Waals surface area contributed by atoms with Gasteiger partial charge in [0.05, 0.1) is 6.61 Å². The Kier molecular flexibility index (Phi) is 13.2. The summed E-state index contributed by atoms with van der Waals surface area (Å²) in [5.41, 5.74) is 0.659. The molecule has 0 fully saturated rings. The third-order valence-electron chi connectivity index (χ3n) is 5.23. The molecular weight excluding hydrogens is 352 g/mol. The van der Waals surface area contributed by atoms with E-state index in [9.17, 15) is 15.0 Å². The van der Waals surface area contributed by atoms with E-state index in [0.717, 1.165) is 18.9 Å². The molecule has 1 aromatic rings. The van der Waals surface area contributed by atoms with Crippen molar-refractivity contribution in [3.05, 3.63) is 23.3 Å². The number of hydrogen-bond donors (Lipinski definition) is 2. The number of aromatic hydroxyl groups is 2. The van der Waals surface area contributed by atoms with Crippen molar-refractivity contribution in [2.45, 2.75) is 104 Å². The molecule has 0 bridgehead atoms. The maximum atomic E-state index is 12.1. The SMILES string of the molecule is CCCCCCCCCCCCCCCCOC(=O)c1c(C)cc(O)cc1O. The summed E-state index contributed by atoms with van der Waals surface area (Å²) in [5, 5.41) is 19.2. The predicted molar refractivity (Wildman–Crippen MR) is 115 cm³/mol. The summed E-state index contributed by atoms with van der Waals surface area (Å²) in [7, 11) is 0. The molecule has 0 aromatic heterocycles. The molecule has 0 saturated heterocycles. The van der Waals surface area contributed by atoms with Gasteiger partial charge in [-0.25, -0.2) is 4.79 Å². The van der Waals surface area contributed by atoms with E-state index in [1.165, 1.54) is 83.1 Å². The number of phenolic OH excluding ortho intramolecular Hbond substituents is 2. The summed E-state index contributed by atoms with van der Waals surface area (Å²) in [5.74, 6) is -0.813. The van der Waals surface area contributed by atoms with Crippen molar-refractivity contribution in [1.29, 1.82) is 0 Å². The van der Waals surface area contributed by atoms with Crippen LogP contribution in [-0.2, 0) is 4.74 Å². The molecule has 28 heavy (non-hydrogen) atoms. The van der Waals surface area contributed by atoms with Gasteiger partial charge in [0.15, 0.2) is 0 Å². The molecular formula is C24H40O4. The summed E-state index contributed by atoms with van der Waals surface area (Å²) in [6.07, 6.45) is 18.0. The van der Waals surface area contributed by atoms with Gasteiger partial charge >= 0.3 is 5.97 Å². The largest absolute Gasteiger partial charge is 0.508 e. The van der Waals surface area contributed by atoms with Gasteiger partial charge in [-0.15, -0.1) is 0 Å². The van der Waals surface area contributed by atoms with Crippen LogP contribution in [0.1, 0.15) is 113 Å². The predicted octanol–water partition coefficient (Wildman–Crippen LogP) is 7.04. The van der Waals surface area contributed by atoms with Gasteiger partial charge in [0.2, 0.25) is 0 Å². The smallest absolute Gasteiger partial charge is 0.342 e. The fraction of sp³-hybridized carbons (Fsp3) is 0.708. The molecule has 1 rings (SSSR count). The molecule has 0 saturated carbocycles. The van der Waals surface area contributed by atoms with E-state index >= 15 is 0 Å². The van der Waals surface area contributed by atoms with E-state index in [0.29, 0.717) is 12.2 Å². The maximum absolute atomic E-state index is 12.1. The van der Waals surface area contributed by atoms with Gasteiger partial charge in [0.25, 0.3) is 0 Å². The van der Waals surface area contributed by atoms with Crippen molar-refractivity contribution in [3.63, 3.8) is 0 Å². The second kappa shape index (κ2) is 15.2. The number of benzene rings is 1. The molecule has 1 aromatic carbocycles. The quantitative estimate of drug-likeness (QED) is 0.234. The molecule has 0 unspecified atom stereocenters. The van der Waals surface area contributed by atoms with Crippen LogP contribution < -0.4 is 0 Å². The lowest BCUT2D eigenvalue weighted by Gasteiger charge is -2.09. The Morgan fingerprint density at radius 2 is 1.25 bits per heavy atom. The highest BCUT2D eigenvalue weighted by molar-refractivity contribution is 5.94. The van der Waals surface area contributed by atoms with Crippen LogP contribution in [0.4, 0.5) is 0 Å². The minimum atomic E-state index is -0.523. The Morgan fingerprint density at radius 3 is 1.71 bits per heavy atom. The third-order valence-corrected chi connectivity index (χ3v) is 5.23. The average molecular weight is 393 g/mol. The first-order valence-electron chi connectivity index (χ1n) is 11.3. The number of carbonyl (C=O) groups excluding carboxylic acids is 1. The van der Waals surface area contributed by atoms with Crippen LogP contribution in [0.5, 0.6) is 11.5 Å². The Hall–Kier alpha value is -1.71. The summed E-state index contributed by atoms with van der Waals surface area (Å²) < 4.78 is 5.26. The van der Waals surface area contributed by atoms with Gasteiger partial charge in [-0.3, -0.25) is 0 Å². The van der Waals surface area contributed by atoms with Crippen LogP contribution in [0.2, 0.25) is 0 Å². The van der Waals surface area contributed by atoms with Crippen LogP contribution in [0.15, 0.2) is 12.1 Å². The van der Waals surface area contributed by atoms with Gasteiger partial charge in [0.1, 0.15) is 17.1 Å². The lowest BCUT2D eigenvalue weighted by Crippen LogP contribution is -2.08. The highest BCUT2D eigenvalue weighted by Crippen LogP contribution is 2.27. The average Bonchev–Trinajstić information content (AvgIpc) is 2.64. The highest BCUT2D eigenvalue weighted by atomic mass is 16.5. The molecule has 0 aliphatic rings. The van der Waals surface area contributed by atoms with Gasteiger partial charge in [-0.05, 0) is 25.0 Å². The Labute approximate surface area is 171 Å². The molecule has 0 aliphatic heterocycles. The van der Waals surface area contributed by atoms with E-state index in [-0.39, 0.29) is 17.1 Å². The van der Waals surface area contributed by atoms with E-state index in [1.807, 2.05) is 0 Å². The first-order valence-corrected chi connectivity index (χ1v) is 11.3. The van der Waals surface area contributed by atoms with E-state index in [2.05, 4.69) is 6.92 Å². The number of rotatable bonds is 16. The number of esters is 1. The summed E-state index contributed by atoms with van der Waals surface area (Å²) in [6.45, 7) is 4.30. The van der Waals surface area contributed by atoms with Crippen molar-refractivity contribution in [2.75, 3.05) is 6.61 Å². The molecule has 0 atom stereocenters. The summed E-state index contributed by atoms with van der Waals surface area (Å²) >= 11 is 0. The minimum absolute atomic E-state index is 0.0569. The Morgan fingerprint density at radius 1 is 0.786 bits per heavy atom. The zero-order valence-corrected chi connectivity index (χ0v) is 18.0. The van der Waals surface area contributed by atoms with Crippen LogP contribution in [0.25, 0.3) is 0 Å². The third kappa shape index (κ3) is 10.6. The number of ether oxygens (including phenoxy) is 1. The van der Waals surface area contributed by atoms with Gasteiger partial charge < -0.3 is 14.9 Å². The van der Waals surface area contributed by atoms with E-state index in [4.69, 9.17) is 4.74 Å². The second-order valence-electron chi connectivity index (χ2n) is 7.89. The van der Waals surface area contributed by atoms with E-state index < -0.39 is 5.97 Å². The summed E-state index contributed by atoms with van der Waals surface area (Å²) in [4.78, 5) is 12.1. The van der Waals surface area contributed by atoms with Crippen molar-refractivity contribution in [1.82, 2.24) is 0 Å². The number of phenols is 2. The number of aryl methyl sites for hydroxylation is 1. The molecule has 4 heteroatoms. The van der Waals surface area contributed by atoms with E-state index in [1.54, 1.807) is 6.92 Å². The number of carbonyl (C=O) groups is 1. The highest BCUT2D eigenvalue weighted by Gasteiger charge is 2.16. The number of unbranched alkanes of at least 4 members (excludes halogenated alkanes) is 13. The molecule has 0 aliphatic carbocycles. The molecule has 0 amide bonds. The Bertz CT molecular complexity index is 531. The second-order valence-corrected chi connectivity index (χ2v) is 7.89. The fourth-order valence-corrected chi connectivity index (χ4v) is 3.55. The van der Waals surface area contributed by atoms with Crippen molar-refractivity contribution < 1.29 is 19.7 Å². The van der Waals surface area contributed by atoms with Crippen LogP contribution >= 0.6 is 0 Å². The first kappa shape index (κ1) is 24.3. The van der Waals surface area contributed by atoms with Crippen molar-refractivity contribution in [2.24, 2.45) is 0 Å².